The van der Waals surface area contributed by atoms with Gasteiger partial charge in [-0.05, 0) is 35.7 Å². The van der Waals surface area contributed by atoms with Crippen LogP contribution in [0.15, 0.2) is 72.0 Å². The highest BCUT2D eigenvalue weighted by Crippen LogP contribution is 2.37. The minimum absolute atomic E-state index is 0.242. The minimum Gasteiger partial charge on any atom is -0.326 e. The van der Waals surface area contributed by atoms with Gasteiger partial charge in [-0.25, -0.2) is 4.99 Å². The Morgan fingerprint density at radius 2 is 1.90 bits per heavy atom. The van der Waals surface area contributed by atoms with Gasteiger partial charge in [0.2, 0.25) is 6.17 Å². The third kappa shape index (κ3) is 3.39. The quantitative estimate of drug-likeness (QED) is 0.686. The lowest BCUT2D eigenvalue weighted by molar-refractivity contribution is -0.120. The third-order valence-electron chi connectivity index (χ3n) is 5.63. The van der Waals surface area contributed by atoms with Gasteiger partial charge in [0.1, 0.15) is 0 Å². The SMILES string of the molecule is NCc1cc2c3c(c1)C(c1ccccc1)=NC(NC(=O)c1ccncc1)C(=O)N3CC2. The number of nitrogens with one attached hydrogen (secondary N) is 1. The third-order valence-corrected chi connectivity index (χ3v) is 5.63. The van der Waals surface area contributed by atoms with Crippen molar-refractivity contribution in [1.82, 2.24) is 10.3 Å². The molecule has 1 atom stereocenters. The summed E-state index contributed by atoms with van der Waals surface area (Å²) in [4.78, 5) is 36.7. The number of benzene rings is 2. The second-order valence-electron chi connectivity index (χ2n) is 7.55. The molecule has 3 aromatic rings. The number of carbonyl (C=O) groups excluding carboxylic acids is 2. The van der Waals surface area contributed by atoms with Gasteiger partial charge in [-0.15, -0.1) is 0 Å². The van der Waals surface area contributed by atoms with E-state index in [0.717, 1.165) is 34.4 Å². The van der Waals surface area contributed by atoms with Crippen molar-refractivity contribution in [2.75, 3.05) is 11.4 Å². The average molecular weight is 411 g/mol. The summed E-state index contributed by atoms with van der Waals surface area (Å²) < 4.78 is 0. The maximum atomic E-state index is 13.4. The van der Waals surface area contributed by atoms with Crippen LogP contribution in [0.4, 0.5) is 5.69 Å². The molecule has 0 fully saturated rings. The molecule has 2 aliphatic rings. The highest BCUT2D eigenvalue weighted by atomic mass is 16.2. The van der Waals surface area contributed by atoms with Gasteiger partial charge in [0, 0.05) is 42.2 Å². The molecule has 0 saturated heterocycles. The maximum Gasteiger partial charge on any atom is 0.272 e. The largest absolute Gasteiger partial charge is 0.326 e. The van der Waals surface area contributed by atoms with Crippen molar-refractivity contribution in [3.05, 3.63) is 94.8 Å². The van der Waals surface area contributed by atoms with Crippen LogP contribution in [0.1, 0.15) is 32.6 Å². The van der Waals surface area contributed by atoms with Gasteiger partial charge < -0.3 is 16.0 Å². The number of hydrogen-bond donors (Lipinski definition) is 2. The second-order valence-corrected chi connectivity index (χ2v) is 7.55. The first-order valence-corrected chi connectivity index (χ1v) is 10.2. The van der Waals surface area contributed by atoms with E-state index in [1.54, 1.807) is 29.4 Å². The van der Waals surface area contributed by atoms with Gasteiger partial charge in [-0.2, -0.15) is 0 Å². The number of anilines is 1. The van der Waals surface area contributed by atoms with Gasteiger partial charge in [-0.3, -0.25) is 14.6 Å². The first-order valence-electron chi connectivity index (χ1n) is 10.2. The Kier molecular flexibility index (Phi) is 4.80. The summed E-state index contributed by atoms with van der Waals surface area (Å²) in [5, 5.41) is 2.81. The molecule has 2 amide bonds. The summed E-state index contributed by atoms with van der Waals surface area (Å²) >= 11 is 0. The van der Waals surface area contributed by atoms with E-state index < -0.39 is 6.17 Å². The van der Waals surface area contributed by atoms with E-state index in [1.807, 2.05) is 36.4 Å². The lowest BCUT2D eigenvalue weighted by Gasteiger charge is -2.21. The molecule has 7 heteroatoms. The van der Waals surface area contributed by atoms with Crippen molar-refractivity contribution in [2.45, 2.75) is 19.1 Å². The molecule has 1 unspecified atom stereocenters. The maximum absolute atomic E-state index is 13.4. The zero-order valence-corrected chi connectivity index (χ0v) is 16.8. The van der Waals surface area contributed by atoms with Gasteiger partial charge in [0.15, 0.2) is 0 Å². The Labute approximate surface area is 179 Å². The minimum atomic E-state index is -1.03. The molecule has 3 heterocycles. The van der Waals surface area contributed by atoms with E-state index in [2.05, 4.69) is 16.4 Å². The fraction of sp³-hybridized carbons (Fsp3) is 0.167. The molecule has 0 bridgehead atoms. The predicted octanol–water partition coefficient (Wildman–Crippen LogP) is 2.04. The van der Waals surface area contributed by atoms with Crippen molar-refractivity contribution in [1.29, 1.82) is 0 Å². The van der Waals surface area contributed by atoms with Gasteiger partial charge in [0.25, 0.3) is 11.8 Å². The molecule has 154 valence electrons. The normalized spacial score (nSPS) is 17.1. The van der Waals surface area contributed by atoms with Crippen LogP contribution in [0.2, 0.25) is 0 Å². The predicted molar refractivity (Wildman–Crippen MR) is 118 cm³/mol. The standard InChI is InChI=1S/C24H21N5O2/c25-14-15-12-18-8-11-29-21(18)19(13-15)20(16-4-2-1-3-5-16)27-22(24(29)31)28-23(30)17-6-9-26-10-7-17/h1-7,9-10,12-13,22H,8,11,14,25H2,(H,28,30). The zero-order valence-electron chi connectivity index (χ0n) is 16.8. The number of nitrogens with two attached hydrogens (primary N) is 1. The molecule has 7 nitrogen and oxygen atoms in total. The number of amides is 2. The highest BCUT2D eigenvalue weighted by Gasteiger charge is 2.37. The van der Waals surface area contributed by atoms with Crippen LogP contribution in [0.25, 0.3) is 0 Å². The lowest BCUT2D eigenvalue weighted by atomic mass is 9.95. The smallest absolute Gasteiger partial charge is 0.272 e. The van der Waals surface area contributed by atoms with Crippen LogP contribution in [0.3, 0.4) is 0 Å². The van der Waals surface area contributed by atoms with Gasteiger partial charge >= 0.3 is 0 Å². The van der Waals surface area contributed by atoms with E-state index in [9.17, 15) is 9.59 Å². The first-order chi connectivity index (χ1) is 15.2. The van der Waals surface area contributed by atoms with Crippen LogP contribution in [0.5, 0.6) is 0 Å². The van der Waals surface area contributed by atoms with Crippen LogP contribution in [-0.4, -0.2) is 35.2 Å². The summed E-state index contributed by atoms with van der Waals surface area (Å²) in [6, 6.07) is 17.0. The second kappa shape index (κ2) is 7.77. The Balaban J connectivity index is 1.64. The van der Waals surface area contributed by atoms with Crippen molar-refractivity contribution >= 4 is 23.2 Å². The molecular formula is C24H21N5O2. The Bertz CT molecular complexity index is 1190. The summed E-state index contributed by atoms with van der Waals surface area (Å²) in [6.07, 6.45) is 2.80. The molecule has 2 aromatic carbocycles. The Hall–Kier alpha value is -3.84. The van der Waals surface area contributed by atoms with Crippen LogP contribution >= 0.6 is 0 Å². The summed E-state index contributed by atoms with van der Waals surface area (Å²) in [5.74, 6) is -0.612. The summed E-state index contributed by atoms with van der Waals surface area (Å²) in [5.41, 5.74) is 11.7. The van der Waals surface area contributed by atoms with Crippen molar-refractivity contribution in [3.63, 3.8) is 0 Å². The van der Waals surface area contributed by atoms with Crippen molar-refractivity contribution in [2.24, 2.45) is 10.7 Å². The fourth-order valence-electron chi connectivity index (χ4n) is 4.17. The molecule has 31 heavy (non-hydrogen) atoms. The van der Waals surface area contributed by atoms with Crippen LogP contribution in [-0.2, 0) is 17.8 Å². The number of aromatic nitrogens is 1. The Morgan fingerprint density at radius 3 is 2.65 bits per heavy atom. The van der Waals surface area contributed by atoms with Crippen LogP contribution in [0, 0.1) is 0 Å². The lowest BCUT2D eigenvalue weighted by Crippen LogP contribution is -2.46. The number of carbonyl (C=O) groups is 2. The first kappa shape index (κ1) is 19.1. The molecule has 0 saturated carbocycles. The highest BCUT2D eigenvalue weighted by molar-refractivity contribution is 6.21. The summed E-state index contributed by atoms with van der Waals surface area (Å²) in [7, 11) is 0. The number of pyridine rings is 1. The molecular weight excluding hydrogens is 390 g/mol. The molecule has 1 aromatic heterocycles. The molecule has 0 radical (unpaired) electrons. The number of aliphatic imine (C=N–C) groups is 1. The average Bonchev–Trinajstić information content (AvgIpc) is 3.21. The van der Waals surface area contributed by atoms with Crippen molar-refractivity contribution < 1.29 is 9.59 Å². The molecule has 0 spiro atoms. The molecule has 2 aliphatic heterocycles. The number of nitrogens with zero attached hydrogens (tertiary/aromatic N) is 3. The number of hydrogen-bond acceptors (Lipinski definition) is 5. The van der Waals surface area contributed by atoms with Gasteiger partial charge in [-0.1, -0.05) is 36.4 Å². The summed E-state index contributed by atoms with van der Waals surface area (Å²) in [6.45, 7) is 0.951. The van der Waals surface area contributed by atoms with E-state index in [1.165, 1.54) is 0 Å². The number of rotatable bonds is 4. The van der Waals surface area contributed by atoms with Crippen LogP contribution < -0.4 is 16.0 Å². The van der Waals surface area contributed by atoms with E-state index >= 15 is 0 Å². The zero-order chi connectivity index (χ0) is 21.4. The molecule has 5 rings (SSSR count). The fourth-order valence-corrected chi connectivity index (χ4v) is 4.17. The van der Waals surface area contributed by atoms with E-state index in [0.29, 0.717) is 24.4 Å². The molecule has 0 aliphatic carbocycles. The monoisotopic (exact) mass is 411 g/mol. The van der Waals surface area contributed by atoms with Crippen molar-refractivity contribution in [3.8, 4) is 0 Å². The Morgan fingerprint density at radius 1 is 1.13 bits per heavy atom. The topological polar surface area (TPSA) is 101 Å². The van der Waals surface area contributed by atoms with Gasteiger partial charge in [0.05, 0.1) is 11.4 Å². The molecule has 3 N–H and O–H groups in total. The van der Waals surface area contributed by atoms with E-state index in [-0.39, 0.29) is 11.8 Å². The van der Waals surface area contributed by atoms with E-state index in [4.69, 9.17) is 10.7 Å².